The van der Waals surface area contributed by atoms with Crippen LogP contribution in [-0.4, -0.2) is 56.1 Å². The molecule has 1 aromatic rings. The number of halogens is 1. The first kappa shape index (κ1) is 23.0. The third-order valence-electron chi connectivity index (χ3n) is 4.78. The lowest BCUT2D eigenvalue weighted by molar-refractivity contribution is -0.124. The summed E-state index contributed by atoms with van der Waals surface area (Å²) >= 11 is 0. The van der Waals surface area contributed by atoms with Gasteiger partial charge in [0.25, 0.3) is 5.91 Å². The Morgan fingerprint density at radius 3 is 2.26 bits per heavy atom. The van der Waals surface area contributed by atoms with Gasteiger partial charge in [-0.15, -0.1) is 12.4 Å². The molecule has 27 heavy (non-hydrogen) atoms. The smallest absolute Gasteiger partial charge is 0.253 e. The Morgan fingerprint density at radius 2 is 1.74 bits per heavy atom. The summed E-state index contributed by atoms with van der Waals surface area (Å²) in [6, 6.07) is 4.71. The van der Waals surface area contributed by atoms with E-state index in [0.29, 0.717) is 30.2 Å². The number of nitrogens with two attached hydrogens (primary N) is 1. The largest absolute Gasteiger partial charge is 0.493 e. The number of ether oxygens (including phenoxy) is 2. The topological polar surface area (TPSA) is 93.9 Å². The lowest BCUT2D eigenvalue weighted by Crippen LogP contribution is -2.51. The molecule has 1 saturated heterocycles. The van der Waals surface area contributed by atoms with E-state index in [9.17, 15) is 9.59 Å². The van der Waals surface area contributed by atoms with Gasteiger partial charge in [-0.05, 0) is 37.0 Å². The Kier molecular flexibility index (Phi) is 8.85. The molecule has 0 aliphatic carbocycles. The van der Waals surface area contributed by atoms with E-state index in [-0.39, 0.29) is 36.2 Å². The Hall–Kier alpha value is -1.99. The van der Waals surface area contributed by atoms with Crippen LogP contribution in [0.2, 0.25) is 0 Å². The van der Waals surface area contributed by atoms with Crippen molar-refractivity contribution in [3.05, 3.63) is 23.8 Å². The fourth-order valence-electron chi connectivity index (χ4n) is 2.98. The summed E-state index contributed by atoms with van der Waals surface area (Å²) in [6.07, 6.45) is 1.44. The second-order valence-corrected chi connectivity index (χ2v) is 6.91. The molecule has 8 heteroatoms. The van der Waals surface area contributed by atoms with Crippen molar-refractivity contribution in [2.24, 2.45) is 11.7 Å². The van der Waals surface area contributed by atoms with Gasteiger partial charge in [-0.1, -0.05) is 13.8 Å². The van der Waals surface area contributed by atoms with Crippen molar-refractivity contribution in [3.8, 4) is 11.5 Å². The molecule has 1 aliphatic rings. The third kappa shape index (κ3) is 5.74. The second kappa shape index (κ2) is 10.4. The zero-order chi connectivity index (χ0) is 19.3. The fraction of sp³-hybridized carbons (Fsp3) is 0.579. The van der Waals surface area contributed by atoms with Crippen molar-refractivity contribution in [1.82, 2.24) is 10.2 Å². The molecule has 1 aromatic carbocycles. The Morgan fingerprint density at radius 1 is 1.15 bits per heavy atom. The zero-order valence-electron chi connectivity index (χ0n) is 16.4. The number of piperidine rings is 1. The minimum absolute atomic E-state index is 0. The molecule has 1 fully saturated rings. The number of rotatable bonds is 6. The van der Waals surface area contributed by atoms with Crippen LogP contribution in [0.15, 0.2) is 18.2 Å². The molecule has 0 spiro atoms. The molecule has 0 unspecified atom stereocenters. The van der Waals surface area contributed by atoms with Crippen LogP contribution in [0.25, 0.3) is 0 Å². The summed E-state index contributed by atoms with van der Waals surface area (Å²) in [5.41, 5.74) is 6.44. The molecule has 1 atom stereocenters. The van der Waals surface area contributed by atoms with Crippen LogP contribution >= 0.6 is 12.4 Å². The van der Waals surface area contributed by atoms with Gasteiger partial charge in [0.1, 0.15) is 0 Å². The van der Waals surface area contributed by atoms with Gasteiger partial charge in [-0.25, -0.2) is 0 Å². The number of hydrogen-bond donors (Lipinski definition) is 2. The highest BCUT2D eigenvalue weighted by Crippen LogP contribution is 2.28. The lowest BCUT2D eigenvalue weighted by Gasteiger charge is -2.33. The summed E-state index contributed by atoms with van der Waals surface area (Å²) in [5.74, 6) is 1.05. The molecule has 2 amide bonds. The van der Waals surface area contributed by atoms with Crippen LogP contribution in [0.5, 0.6) is 11.5 Å². The summed E-state index contributed by atoms with van der Waals surface area (Å²) in [6.45, 7) is 5.04. The van der Waals surface area contributed by atoms with Gasteiger partial charge < -0.3 is 25.4 Å². The van der Waals surface area contributed by atoms with Crippen molar-refractivity contribution in [2.75, 3.05) is 27.3 Å². The first-order chi connectivity index (χ1) is 12.4. The van der Waals surface area contributed by atoms with Crippen molar-refractivity contribution < 1.29 is 19.1 Å². The highest BCUT2D eigenvalue weighted by molar-refractivity contribution is 5.95. The van der Waals surface area contributed by atoms with E-state index in [2.05, 4.69) is 5.32 Å². The van der Waals surface area contributed by atoms with Crippen LogP contribution in [-0.2, 0) is 4.79 Å². The Balaban J connectivity index is 0.00000364. The number of nitrogens with one attached hydrogen (secondary N) is 1. The summed E-state index contributed by atoms with van der Waals surface area (Å²) in [7, 11) is 3.10. The molecule has 2 rings (SSSR count). The first-order valence-corrected chi connectivity index (χ1v) is 8.94. The molecular formula is C19H30ClN3O4. The second-order valence-electron chi connectivity index (χ2n) is 6.91. The Bertz CT molecular complexity index is 646. The number of amides is 2. The number of hydrogen-bond acceptors (Lipinski definition) is 5. The normalized spacial score (nSPS) is 15.7. The number of likely N-dealkylation sites (tertiary alicyclic amines) is 1. The van der Waals surface area contributed by atoms with Gasteiger partial charge >= 0.3 is 0 Å². The van der Waals surface area contributed by atoms with Gasteiger partial charge in [-0.2, -0.15) is 0 Å². The highest BCUT2D eigenvalue weighted by atomic mass is 35.5. The lowest BCUT2D eigenvalue weighted by atomic mass is 10.0. The zero-order valence-corrected chi connectivity index (χ0v) is 17.2. The van der Waals surface area contributed by atoms with Gasteiger partial charge in [0.05, 0.1) is 20.3 Å². The quantitative estimate of drug-likeness (QED) is 0.761. The first-order valence-electron chi connectivity index (χ1n) is 8.94. The summed E-state index contributed by atoms with van der Waals surface area (Å²) < 4.78 is 10.5. The number of methoxy groups -OCH3 is 2. The van der Waals surface area contributed by atoms with Crippen LogP contribution in [0, 0.1) is 5.92 Å². The number of benzene rings is 1. The van der Waals surface area contributed by atoms with E-state index < -0.39 is 6.04 Å². The van der Waals surface area contributed by atoms with E-state index >= 15 is 0 Å². The monoisotopic (exact) mass is 399 g/mol. The molecular weight excluding hydrogens is 370 g/mol. The molecule has 0 saturated carbocycles. The molecule has 3 N–H and O–H groups in total. The van der Waals surface area contributed by atoms with E-state index in [1.54, 1.807) is 37.3 Å². The van der Waals surface area contributed by atoms with Gasteiger partial charge in [0, 0.05) is 24.7 Å². The van der Waals surface area contributed by atoms with Crippen LogP contribution in [0.1, 0.15) is 37.0 Å². The minimum atomic E-state index is -0.499. The third-order valence-corrected chi connectivity index (χ3v) is 4.78. The van der Waals surface area contributed by atoms with Crippen molar-refractivity contribution >= 4 is 24.2 Å². The SMILES string of the molecule is COc1ccc(C(=O)N2CCC(NC(=O)[C@@H](N)C(C)C)CC2)cc1OC.Cl. The van der Waals surface area contributed by atoms with Crippen LogP contribution in [0.4, 0.5) is 0 Å². The predicted molar refractivity (Wildman–Crippen MR) is 107 cm³/mol. The summed E-state index contributed by atoms with van der Waals surface area (Å²) in [5, 5.41) is 2.99. The van der Waals surface area contributed by atoms with E-state index in [4.69, 9.17) is 15.2 Å². The van der Waals surface area contributed by atoms with Gasteiger partial charge in [0.2, 0.25) is 5.91 Å². The average molecular weight is 400 g/mol. The van der Waals surface area contributed by atoms with Crippen molar-refractivity contribution in [1.29, 1.82) is 0 Å². The molecule has 1 heterocycles. The fourth-order valence-corrected chi connectivity index (χ4v) is 2.98. The van der Waals surface area contributed by atoms with E-state index in [0.717, 1.165) is 12.8 Å². The Labute approximate surface area is 167 Å². The molecule has 0 bridgehead atoms. The molecule has 0 aromatic heterocycles. The highest BCUT2D eigenvalue weighted by Gasteiger charge is 2.27. The number of carbonyl (C=O) groups is 2. The summed E-state index contributed by atoms with van der Waals surface area (Å²) in [4.78, 5) is 26.6. The van der Waals surface area contributed by atoms with Gasteiger partial charge in [0.15, 0.2) is 11.5 Å². The van der Waals surface area contributed by atoms with E-state index in [1.807, 2.05) is 13.8 Å². The maximum absolute atomic E-state index is 12.7. The average Bonchev–Trinajstić information content (AvgIpc) is 2.66. The van der Waals surface area contributed by atoms with Crippen molar-refractivity contribution in [3.63, 3.8) is 0 Å². The maximum Gasteiger partial charge on any atom is 0.253 e. The van der Waals surface area contributed by atoms with Gasteiger partial charge in [-0.3, -0.25) is 9.59 Å². The minimum Gasteiger partial charge on any atom is -0.493 e. The van der Waals surface area contributed by atoms with Crippen LogP contribution in [0.3, 0.4) is 0 Å². The molecule has 152 valence electrons. The predicted octanol–water partition coefficient (Wildman–Crippen LogP) is 1.83. The maximum atomic E-state index is 12.7. The van der Waals surface area contributed by atoms with E-state index in [1.165, 1.54) is 0 Å². The number of carbonyl (C=O) groups excluding carboxylic acids is 2. The molecule has 0 radical (unpaired) electrons. The molecule has 1 aliphatic heterocycles. The van der Waals surface area contributed by atoms with Crippen LogP contribution < -0.4 is 20.5 Å². The number of nitrogens with zero attached hydrogens (tertiary/aromatic N) is 1. The molecule has 7 nitrogen and oxygen atoms in total. The standard InChI is InChI=1S/C19H29N3O4.ClH/c1-12(2)17(20)18(23)21-14-7-9-22(10-8-14)19(24)13-5-6-15(25-3)16(11-13)26-4;/h5-6,11-12,14,17H,7-10,20H2,1-4H3,(H,21,23);1H/t17-;/m0./s1. The van der Waals surface area contributed by atoms with Crippen molar-refractivity contribution in [2.45, 2.75) is 38.8 Å².